The highest BCUT2D eigenvalue weighted by Crippen LogP contribution is 2.21. The predicted octanol–water partition coefficient (Wildman–Crippen LogP) is 4.10. The maximum atomic E-state index is 12.7. The third-order valence-corrected chi connectivity index (χ3v) is 4.71. The van der Waals surface area contributed by atoms with Gasteiger partial charge in [-0.2, -0.15) is 0 Å². The SMILES string of the molecule is Cc1cc(C(=O)NCCCN(C)Cc2ccccc2)c2cccc(C)c2n1. The molecule has 4 nitrogen and oxygen atoms in total. The van der Waals surface area contributed by atoms with Crippen LogP contribution in [0.1, 0.15) is 33.6 Å². The standard InChI is InChI=1S/C23H27N3O/c1-17-9-7-12-20-21(15-18(2)25-22(17)20)23(27)24-13-8-14-26(3)16-19-10-5-4-6-11-19/h4-7,9-12,15H,8,13-14,16H2,1-3H3,(H,24,27). The summed E-state index contributed by atoms with van der Waals surface area (Å²) in [6.45, 7) is 6.47. The van der Waals surface area contributed by atoms with E-state index in [1.54, 1.807) is 0 Å². The highest BCUT2D eigenvalue weighted by Gasteiger charge is 2.12. The van der Waals surface area contributed by atoms with Gasteiger partial charge in [0.05, 0.1) is 11.1 Å². The fourth-order valence-corrected chi connectivity index (χ4v) is 3.33. The van der Waals surface area contributed by atoms with E-state index in [2.05, 4.69) is 46.5 Å². The van der Waals surface area contributed by atoms with Gasteiger partial charge >= 0.3 is 0 Å². The van der Waals surface area contributed by atoms with E-state index in [0.29, 0.717) is 12.1 Å². The van der Waals surface area contributed by atoms with Crippen molar-refractivity contribution in [3.05, 3.63) is 77.0 Å². The minimum Gasteiger partial charge on any atom is -0.352 e. The van der Waals surface area contributed by atoms with Crippen molar-refractivity contribution < 1.29 is 4.79 Å². The zero-order valence-electron chi connectivity index (χ0n) is 16.3. The molecule has 0 atom stereocenters. The summed E-state index contributed by atoms with van der Waals surface area (Å²) in [5.41, 5.74) is 4.87. The Hall–Kier alpha value is -2.72. The number of pyridine rings is 1. The first-order chi connectivity index (χ1) is 13.0. The van der Waals surface area contributed by atoms with Gasteiger partial charge in [0.25, 0.3) is 5.91 Å². The number of rotatable bonds is 7. The van der Waals surface area contributed by atoms with E-state index in [1.165, 1.54) is 5.56 Å². The summed E-state index contributed by atoms with van der Waals surface area (Å²) >= 11 is 0. The largest absolute Gasteiger partial charge is 0.352 e. The van der Waals surface area contributed by atoms with Gasteiger partial charge in [-0.05, 0) is 51.1 Å². The van der Waals surface area contributed by atoms with Crippen LogP contribution in [0.3, 0.4) is 0 Å². The van der Waals surface area contributed by atoms with Crippen molar-refractivity contribution in [1.82, 2.24) is 15.2 Å². The lowest BCUT2D eigenvalue weighted by Gasteiger charge is -2.17. The molecule has 0 fully saturated rings. The van der Waals surface area contributed by atoms with Crippen LogP contribution in [0, 0.1) is 13.8 Å². The average Bonchev–Trinajstić information content (AvgIpc) is 2.66. The lowest BCUT2D eigenvalue weighted by molar-refractivity contribution is 0.0953. The predicted molar refractivity (Wildman–Crippen MR) is 111 cm³/mol. The molecule has 1 N–H and O–H groups in total. The number of benzene rings is 2. The molecule has 0 saturated heterocycles. The zero-order valence-corrected chi connectivity index (χ0v) is 16.3. The number of nitrogens with one attached hydrogen (secondary N) is 1. The molecule has 0 bridgehead atoms. The second kappa shape index (κ2) is 8.78. The maximum absolute atomic E-state index is 12.7. The molecule has 3 aromatic rings. The van der Waals surface area contributed by atoms with Gasteiger partial charge in [-0.1, -0.05) is 48.5 Å². The number of carbonyl (C=O) groups excluding carboxylic acids is 1. The number of hydrogen-bond acceptors (Lipinski definition) is 3. The molecule has 1 aromatic heterocycles. The van der Waals surface area contributed by atoms with E-state index in [1.807, 2.05) is 44.2 Å². The number of aromatic nitrogens is 1. The lowest BCUT2D eigenvalue weighted by Crippen LogP contribution is -2.28. The second-order valence-electron chi connectivity index (χ2n) is 7.12. The molecule has 1 heterocycles. The Bertz CT molecular complexity index is 922. The van der Waals surface area contributed by atoms with E-state index in [-0.39, 0.29) is 5.91 Å². The Morgan fingerprint density at radius 2 is 1.85 bits per heavy atom. The van der Waals surface area contributed by atoms with Crippen LogP contribution in [-0.4, -0.2) is 35.9 Å². The summed E-state index contributed by atoms with van der Waals surface area (Å²) < 4.78 is 0. The fraction of sp³-hybridized carbons (Fsp3) is 0.304. The highest BCUT2D eigenvalue weighted by atomic mass is 16.1. The fourth-order valence-electron chi connectivity index (χ4n) is 3.33. The molecular weight excluding hydrogens is 334 g/mol. The van der Waals surface area contributed by atoms with Crippen LogP contribution >= 0.6 is 0 Å². The molecule has 2 aromatic carbocycles. The first-order valence-electron chi connectivity index (χ1n) is 9.42. The molecule has 140 valence electrons. The van der Waals surface area contributed by atoms with Gasteiger partial charge in [0, 0.05) is 24.2 Å². The van der Waals surface area contributed by atoms with Gasteiger partial charge in [-0.15, -0.1) is 0 Å². The molecular formula is C23H27N3O. The Morgan fingerprint density at radius 1 is 1.07 bits per heavy atom. The van der Waals surface area contributed by atoms with Crippen molar-refractivity contribution >= 4 is 16.8 Å². The van der Waals surface area contributed by atoms with Gasteiger partial charge in [-0.3, -0.25) is 9.78 Å². The summed E-state index contributed by atoms with van der Waals surface area (Å²) in [7, 11) is 2.11. The van der Waals surface area contributed by atoms with Gasteiger partial charge in [0.15, 0.2) is 0 Å². The summed E-state index contributed by atoms with van der Waals surface area (Å²) in [5.74, 6) is -0.0261. The molecule has 0 aliphatic heterocycles. The van der Waals surface area contributed by atoms with Gasteiger partial charge in [0.1, 0.15) is 0 Å². The smallest absolute Gasteiger partial charge is 0.252 e. The van der Waals surface area contributed by atoms with Gasteiger partial charge < -0.3 is 10.2 Å². The molecule has 0 unspecified atom stereocenters. The monoisotopic (exact) mass is 361 g/mol. The van der Waals surface area contributed by atoms with E-state index >= 15 is 0 Å². The number of fused-ring (bicyclic) bond motifs is 1. The molecule has 1 amide bonds. The number of amides is 1. The van der Waals surface area contributed by atoms with E-state index in [4.69, 9.17) is 0 Å². The minimum atomic E-state index is -0.0261. The molecule has 3 rings (SSSR count). The topological polar surface area (TPSA) is 45.2 Å². The third-order valence-electron chi connectivity index (χ3n) is 4.71. The van der Waals surface area contributed by atoms with Crippen LogP contribution in [0.4, 0.5) is 0 Å². The quantitative estimate of drug-likeness (QED) is 0.644. The summed E-state index contributed by atoms with van der Waals surface area (Å²) in [6, 6.07) is 18.3. The van der Waals surface area contributed by atoms with Crippen LogP contribution in [0.15, 0.2) is 54.6 Å². The van der Waals surface area contributed by atoms with Crippen molar-refractivity contribution in [3.63, 3.8) is 0 Å². The van der Waals surface area contributed by atoms with Crippen molar-refractivity contribution in [2.24, 2.45) is 0 Å². The normalized spacial score (nSPS) is 11.1. The Labute approximate surface area is 161 Å². The first-order valence-corrected chi connectivity index (χ1v) is 9.42. The second-order valence-corrected chi connectivity index (χ2v) is 7.12. The minimum absolute atomic E-state index is 0.0261. The maximum Gasteiger partial charge on any atom is 0.252 e. The van der Waals surface area contributed by atoms with Crippen LogP contribution in [-0.2, 0) is 6.54 Å². The van der Waals surface area contributed by atoms with Gasteiger partial charge in [-0.25, -0.2) is 0 Å². The first kappa shape index (κ1) is 19.1. The molecule has 27 heavy (non-hydrogen) atoms. The summed E-state index contributed by atoms with van der Waals surface area (Å²) in [5, 5.41) is 3.98. The van der Waals surface area contributed by atoms with Crippen molar-refractivity contribution in [2.75, 3.05) is 20.1 Å². The van der Waals surface area contributed by atoms with Crippen LogP contribution in [0.5, 0.6) is 0 Å². The van der Waals surface area contributed by atoms with Gasteiger partial charge in [0.2, 0.25) is 0 Å². The lowest BCUT2D eigenvalue weighted by atomic mass is 10.0. The highest BCUT2D eigenvalue weighted by molar-refractivity contribution is 6.06. The molecule has 0 spiro atoms. The third kappa shape index (κ3) is 4.92. The number of carbonyl (C=O) groups is 1. The van der Waals surface area contributed by atoms with Crippen molar-refractivity contribution in [1.29, 1.82) is 0 Å². The van der Waals surface area contributed by atoms with Crippen LogP contribution < -0.4 is 5.32 Å². The van der Waals surface area contributed by atoms with Crippen LogP contribution in [0.25, 0.3) is 10.9 Å². The number of para-hydroxylation sites is 1. The van der Waals surface area contributed by atoms with Crippen molar-refractivity contribution in [3.8, 4) is 0 Å². The summed E-state index contributed by atoms with van der Waals surface area (Å²) in [6.07, 6.45) is 0.913. The van der Waals surface area contributed by atoms with E-state index < -0.39 is 0 Å². The zero-order chi connectivity index (χ0) is 19.2. The number of hydrogen-bond donors (Lipinski definition) is 1. The Kier molecular flexibility index (Phi) is 6.20. The Balaban J connectivity index is 1.55. The van der Waals surface area contributed by atoms with Crippen LogP contribution in [0.2, 0.25) is 0 Å². The van der Waals surface area contributed by atoms with E-state index in [0.717, 1.165) is 41.7 Å². The number of nitrogens with zero attached hydrogens (tertiary/aromatic N) is 2. The van der Waals surface area contributed by atoms with E-state index in [9.17, 15) is 4.79 Å². The summed E-state index contributed by atoms with van der Waals surface area (Å²) in [4.78, 5) is 19.6. The number of aryl methyl sites for hydroxylation is 2. The molecule has 0 saturated carbocycles. The molecule has 0 radical (unpaired) electrons. The average molecular weight is 361 g/mol. The Morgan fingerprint density at radius 3 is 2.63 bits per heavy atom. The van der Waals surface area contributed by atoms with Crippen molar-refractivity contribution in [2.45, 2.75) is 26.8 Å². The molecule has 0 aliphatic carbocycles. The molecule has 0 aliphatic rings. The molecule has 4 heteroatoms.